The average Bonchev–Trinajstić information content (AvgIpc) is 2.58. The lowest BCUT2D eigenvalue weighted by molar-refractivity contribution is -0.119. The van der Waals surface area contributed by atoms with E-state index in [1.807, 2.05) is 12.1 Å². The number of carbonyl (C=O) groups excluding carboxylic acids is 1. The number of nitrogens with two attached hydrogens (primary N) is 1. The minimum Gasteiger partial charge on any atom is -0.347 e. The highest BCUT2D eigenvalue weighted by atomic mass is 35.5. The Labute approximate surface area is 84.9 Å². The first kappa shape index (κ1) is 8.99. The second-order valence-electron chi connectivity index (χ2n) is 3.06. The number of amides is 1. The molecule has 0 radical (unpaired) electrons. The molecule has 1 fully saturated rings. The molecule has 3 nitrogen and oxygen atoms in total. The van der Waals surface area contributed by atoms with Gasteiger partial charge in [-0.25, -0.2) is 0 Å². The van der Waals surface area contributed by atoms with Crippen molar-refractivity contribution in [2.45, 2.75) is 18.5 Å². The van der Waals surface area contributed by atoms with E-state index in [2.05, 4.69) is 5.32 Å². The molecule has 0 spiro atoms. The number of halogens is 1. The SMILES string of the molecule is N[C@@H]1CC(=O)N[C@H]1c1ccc(Cl)s1. The van der Waals surface area contributed by atoms with Crippen molar-refractivity contribution >= 4 is 28.8 Å². The zero-order chi connectivity index (χ0) is 9.42. The Balaban J connectivity index is 2.22. The molecule has 1 aliphatic heterocycles. The molecule has 1 saturated heterocycles. The van der Waals surface area contributed by atoms with Crippen molar-refractivity contribution in [3.05, 3.63) is 21.3 Å². The van der Waals surface area contributed by atoms with Gasteiger partial charge < -0.3 is 11.1 Å². The maximum absolute atomic E-state index is 11.0. The van der Waals surface area contributed by atoms with Gasteiger partial charge in [0.05, 0.1) is 10.4 Å². The third kappa shape index (κ3) is 1.70. The number of nitrogens with one attached hydrogen (secondary N) is 1. The van der Waals surface area contributed by atoms with Crippen molar-refractivity contribution in [3.8, 4) is 0 Å². The van der Waals surface area contributed by atoms with Crippen LogP contribution < -0.4 is 11.1 Å². The van der Waals surface area contributed by atoms with Gasteiger partial charge in [-0.3, -0.25) is 4.79 Å². The van der Waals surface area contributed by atoms with E-state index in [0.29, 0.717) is 6.42 Å². The summed E-state index contributed by atoms with van der Waals surface area (Å²) in [5.74, 6) is 0.0158. The van der Waals surface area contributed by atoms with Crippen LogP contribution in [0.4, 0.5) is 0 Å². The fraction of sp³-hybridized carbons (Fsp3) is 0.375. The van der Waals surface area contributed by atoms with Crippen molar-refractivity contribution in [1.82, 2.24) is 5.32 Å². The van der Waals surface area contributed by atoms with Crippen molar-refractivity contribution in [3.63, 3.8) is 0 Å². The van der Waals surface area contributed by atoms with Gasteiger partial charge in [-0.05, 0) is 12.1 Å². The summed E-state index contributed by atoms with van der Waals surface area (Å²) in [6.45, 7) is 0. The maximum Gasteiger partial charge on any atom is 0.222 e. The maximum atomic E-state index is 11.0. The first-order chi connectivity index (χ1) is 6.16. The van der Waals surface area contributed by atoms with Gasteiger partial charge in [0.15, 0.2) is 0 Å². The minimum atomic E-state index is -0.123. The molecule has 0 saturated carbocycles. The van der Waals surface area contributed by atoms with E-state index in [4.69, 9.17) is 17.3 Å². The molecule has 3 N–H and O–H groups in total. The van der Waals surface area contributed by atoms with E-state index < -0.39 is 0 Å². The van der Waals surface area contributed by atoms with Crippen molar-refractivity contribution in [2.24, 2.45) is 5.73 Å². The lowest BCUT2D eigenvalue weighted by Gasteiger charge is -2.11. The summed E-state index contributed by atoms with van der Waals surface area (Å²) in [5.41, 5.74) is 5.79. The van der Waals surface area contributed by atoms with E-state index >= 15 is 0 Å². The fourth-order valence-corrected chi connectivity index (χ4v) is 2.64. The number of thiophene rings is 1. The van der Waals surface area contributed by atoms with Crippen molar-refractivity contribution < 1.29 is 4.79 Å². The van der Waals surface area contributed by atoms with Gasteiger partial charge in [0.1, 0.15) is 0 Å². The largest absolute Gasteiger partial charge is 0.347 e. The van der Waals surface area contributed by atoms with E-state index in [-0.39, 0.29) is 18.0 Å². The summed E-state index contributed by atoms with van der Waals surface area (Å²) in [6.07, 6.45) is 0.403. The third-order valence-corrected chi connectivity index (χ3v) is 3.38. The summed E-state index contributed by atoms with van der Waals surface area (Å²) < 4.78 is 0.725. The van der Waals surface area contributed by atoms with Crippen LogP contribution in [0, 0.1) is 0 Å². The Kier molecular flexibility index (Phi) is 2.27. The number of rotatable bonds is 1. The minimum absolute atomic E-state index is 0.0158. The van der Waals surface area contributed by atoms with Gasteiger partial charge in [0.2, 0.25) is 5.91 Å². The Morgan fingerprint density at radius 2 is 2.38 bits per heavy atom. The monoisotopic (exact) mass is 216 g/mol. The third-order valence-electron chi connectivity index (χ3n) is 2.07. The van der Waals surface area contributed by atoms with Gasteiger partial charge in [-0.1, -0.05) is 11.6 Å². The first-order valence-corrected chi connectivity index (χ1v) is 5.16. The molecular formula is C8H9ClN2OS. The van der Waals surface area contributed by atoms with E-state index in [9.17, 15) is 4.79 Å². The molecule has 0 aliphatic carbocycles. The number of hydrogen-bond donors (Lipinski definition) is 2. The Morgan fingerprint density at radius 1 is 1.62 bits per heavy atom. The second kappa shape index (κ2) is 3.29. The van der Waals surface area contributed by atoms with Crippen LogP contribution in [0.3, 0.4) is 0 Å². The predicted octanol–water partition coefficient (Wildman–Crippen LogP) is 1.29. The molecule has 1 aromatic heterocycles. The zero-order valence-electron chi connectivity index (χ0n) is 6.79. The van der Waals surface area contributed by atoms with Gasteiger partial charge in [0.25, 0.3) is 0 Å². The summed E-state index contributed by atoms with van der Waals surface area (Å²) in [5, 5.41) is 2.82. The highest BCUT2D eigenvalue weighted by Crippen LogP contribution is 2.31. The molecule has 1 amide bonds. The molecule has 0 bridgehead atoms. The molecule has 2 rings (SSSR count). The molecule has 5 heteroatoms. The molecule has 70 valence electrons. The van der Waals surface area contributed by atoms with Gasteiger partial charge in [-0.2, -0.15) is 0 Å². The summed E-state index contributed by atoms with van der Waals surface area (Å²) in [6, 6.07) is 3.55. The summed E-state index contributed by atoms with van der Waals surface area (Å²) in [4.78, 5) is 12.1. The Morgan fingerprint density at radius 3 is 2.85 bits per heavy atom. The van der Waals surface area contributed by atoms with Crippen LogP contribution in [0.25, 0.3) is 0 Å². The molecule has 2 atom stereocenters. The van der Waals surface area contributed by atoms with Crippen LogP contribution in [-0.4, -0.2) is 11.9 Å². The van der Waals surface area contributed by atoms with Crippen molar-refractivity contribution in [2.75, 3.05) is 0 Å². The predicted molar refractivity (Wildman–Crippen MR) is 52.8 cm³/mol. The Bertz CT molecular complexity index is 339. The quantitative estimate of drug-likeness (QED) is 0.744. The topological polar surface area (TPSA) is 55.1 Å². The molecular weight excluding hydrogens is 208 g/mol. The molecule has 1 aliphatic rings. The van der Waals surface area contributed by atoms with E-state index in [1.54, 1.807) is 0 Å². The van der Waals surface area contributed by atoms with Crippen LogP contribution in [0.5, 0.6) is 0 Å². The van der Waals surface area contributed by atoms with Crippen LogP contribution in [0.15, 0.2) is 12.1 Å². The highest BCUT2D eigenvalue weighted by molar-refractivity contribution is 7.16. The lowest BCUT2D eigenvalue weighted by Crippen LogP contribution is -2.27. The number of hydrogen-bond acceptors (Lipinski definition) is 3. The normalized spacial score (nSPS) is 27.7. The van der Waals surface area contributed by atoms with Crippen LogP contribution in [-0.2, 0) is 4.79 Å². The van der Waals surface area contributed by atoms with Crippen LogP contribution >= 0.6 is 22.9 Å². The number of carbonyl (C=O) groups is 1. The summed E-state index contributed by atoms with van der Waals surface area (Å²) in [7, 11) is 0. The lowest BCUT2D eigenvalue weighted by atomic mass is 10.1. The van der Waals surface area contributed by atoms with Crippen molar-refractivity contribution in [1.29, 1.82) is 0 Å². The molecule has 1 aromatic rings. The summed E-state index contributed by atoms with van der Waals surface area (Å²) >= 11 is 7.25. The standard InChI is InChI=1S/C8H9ClN2OS/c9-6-2-1-5(13-6)8-4(10)3-7(12)11-8/h1-2,4,8H,3,10H2,(H,11,12)/t4-,8-/m1/s1. The molecule has 2 heterocycles. The fourth-order valence-electron chi connectivity index (χ4n) is 1.45. The zero-order valence-corrected chi connectivity index (χ0v) is 8.36. The van der Waals surface area contributed by atoms with E-state index in [0.717, 1.165) is 9.21 Å². The van der Waals surface area contributed by atoms with Crippen LogP contribution in [0.2, 0.25) is 4.34 Å². The van der Waals surface area contributed by atoms with Gasteiger partial charge in [0, 0.05) is 17.3 Å². The second-order valence-corrected chi connectivity index (χ2v) is 4.80. The highest BCUT2D eigenvalue weighted by Gasteiger charge is 2.31. The first-order valence-electron chi connectivity index (χ1n) is 3.97. The van der Waals surface area contributed by atoms with Gasteiger partial charge in [-0.15, -0.1) is 11.3 Å². The smallest absolute Gasteiger partial charge is 0.222 e. The molecule has 13 heavy (non-hydrogen) atoms. The molecule has 0 aromatic carbocycles. The van der Waals surface area contributed by atoms with E-state index in [1.165, 1.54) is 11.3 Å². The van der Waals surface area contributed by atoms with Crippen LogP contribution in [0.1, 0.15) is 17.3 Å². The Hall–Kier alpha value is -0.580. The molecule has 0 unspecified atom stereocenters. The average molecular weight is 217 g/mol. The van der Waals surface area contributed by atoms with Gasteiger partial charge >= 0.3 is 0 Å².